The van der Waals surface area contributed by atoms with Gasteiger partial charge in [-0.3, -0.25) is 4.79 Å². The number of benzene rings is 1. The van der Waals surface area contributed by atoms with Gasteiger partial charge in [0.05, 0.1) is 13.2 Å². The molecule has 1 heterocycles. The van der Waals surface area contributed by atoms with Crippen molar-refractivity contribution >= 4 is 11.6 Å². The summed E-state index contributed by atoms with van der Waals surface area (Å²) in [5, 5.41) is 0.558. The molecule has 0 aliphatic heterocycles. The van der Waals surface area contributed by atoms with Crippen LogP contribution < -0.4 is 16.0 Å². The van der Waals surface area contributed by atoms with E-state index in [0.29, 0.717) is 28.4 Å². The lowest BCUT2D eigenvalue weighted by Gasteiger charge is -2.16. The van der Waals surface area contributed by atoms with E-state index in [-0.39, 0.29) is 5.56 Å². The van der Waals surface area contributed by atoms with Crippen LogP contribution in [0.25, 0.3) is 0 Å². The topological polar surface area (TPSA) is 57.2 Å². The van der Waals surface area contributed by atoms with Crippen molar-refractivity contribution in [1.82, 2.24) is 4.57 Å². The monoisotopic (exact) mass is 292 g/mol. The number of aromatic nitrogens is 1. The number of hydrogen-bond donors (Lipinski definition) is 1. The Kier molecular flexibility index (Phi) is 4.47. The van der Waals surface area contributed by atoms with Crippen LogP contribution in [0.3, 0.4) is 0 Å². The van der Waals surface area contributed by atoms with E-state index in [2.05, 4.69) is 0 Å². The van der Waals surface area contributed by atoms with Gasteiger partial charge in [-0.1, -0.05) is 17.7 Å². The molecule has 0 spiro atoms. The van der Waals surface area contributed by atoms with Crippen LogP contribution in [0.1, 0.15) is 24.1 Å². The summed E-state index contributed by atoms with van der Waals surface area (Å²) in [6, 6.07) is 8.19. The lowest BCUT2D eigenvalue weighted by Crippen LogP contribution is -2.28. The van der Waals surface area contributed by atoms with Gasteiger partial charge in [-0.05, 0) is 31.2 Å². The van der Waals surface area contributed by atoms with Crippen molar-refractivity contribution in [2.75, 3.05) is 7.11 Å². The van der Waals surface area contributed by atoms with E-state index in [0.717, 1.165) is 0 Å². The Bertz CT molecular complexity index is 667. The van der Waals surface area contributed by atoms with E-state index >= 15 is 0 Å². The predicted octanol–water partition coefficient (Wildman–Crippen LogP) is 2.58. The summed E-state index contributed by atoms with van der Waals surface area (Å²) >= 11 is 6.01. The number of ether oxygens (including phenoxy) is 1. The number of methoxy groups -OCH3 is 1. The molecular formula is C15H17ClN2O2. The second-order valence-electron chi connectivity index (χ2n) is 4.42. The fraction of sp³-hybridized carbons (Fsp3) is 0.267. The van der Waals surface area contributed by atoms with Gasteiger partial charge < -0.3 is 15.0 Å². The van der Waals surface area contributed by atoms with Crippen LogP contribution >= 0.6 is 11.6 Å². The molecule has 2 aromatic rings. The molecule has 20 heavy (non-hydrogen) atoms. The zero-order chi connectivity index (χ0) is 14.7. The normalized spacial score (nSPS) is 12.2. The number of halogens is 1. The molecule has 1 atom stereocenters. The molecule has 2 rings (SSSR count). The standard InChI is InChI=1S/C15H17ClN2O2/c1-3-18-8-4-5-11(15(18)19)14(17)12-9-10(16)6-7-13(12)20-2/h4-9,14H,3,17H2,1-2H3. The highest BCUT2D eigenvalue weighted by Gasteiger charge is 2.18. The van der Waals surface area contributed by atoms with Gasteiger partial charge in [-0.15, -0.1) is 0 Å². The van der Waals surface area contributed by atoms with Crippen molar-refractivity contribution in [1.29, 1.82) is 0 Å². The van der Waals surface area contributed by atoms with Gasteiger partial charge in [0.1, 0.15) is 5.75 Å². The first-order chi connectivity index (χ1) is 9.58. The van der Waals surface area contributed by atoms with E-state index in [1.165, 1.54) is 0 Å². The molecule has 0 saturated carbocycles. The van der Waals surface area contributed by atoms with Gasteiger partial charge >= 0.3 is 0 Å². The third kappa shape index (κ3) is 2.71. The summed E-state index contributed by atoms with van der Waals surface area (Å²) in [5.41, 5.74) is 7.36. The quantitative estimate of drug-likeness (QED) is 0.942. The first-order valence-corrected chi connectivity index (χ1v) is 6.74. The molecule has 0 amide bonds. The Morgan fingerprint density at radius 2 is 2.10 bits per heavy atom. The summed E-state index contributed by atoms with van der Waals surface area (Å²) in [7, 11) is 1.56. The average Bonchev–Trinajstić information content (AvgIpc) is 2.46. The number of hydrogen-bond acceptors (Lipinski definition) is 3. The van der Waals surface area contributed by atoms with Crippen molar-refractivity contribution in [3.8, 4) is 5.75 Å². The fourth-order valence-corrected chi connectivity index (χ4v) is 2.34. The van der Waals surface area contributed by atoms with Crippen molar-refractivity contribution in [3.63, 3.8) is 0 Å². The lowest BCUT2D eigenvalue weighted by molar-refractivity contribution is 0.407. The van der Waals surface area contributed by atoms with E-state index in [1.54, 1.807) is 42.1 Å². The van der Waals surface area contributed by atoms with Gasteiger partial charge in [0.25, 0.3) is 5.56 Å². The second kappa shape index (κ2) is 6.11. The highest BCUT2D eigenvalue weighted by molar-refractivity contribution is 6.30. The maximum atomic E-state index is 12.3. The molecule has 0 radical (unpaired) electrons. The zero-order valence-corrected chi connectivity index (χ0v) is 12.2. The van der Waals surface area contributed by atoms with Crippen LogP contribution in [-0.4, -0.2) is 11.7 Å². The van der Waals surface area contributed by atoms with Gasteiger partial charge in [-0.2, -0.15) is 0 Å². The third-order valence-corrected chi connectivity index (χ3v) is 3.49. The molecule has 1 aromatic heterocycles. The Hall–Kier alpha value is -1.78. The molecule has 2 N–H and O–H groups in total. The van der Waals surface area contributed by atoms with Gasteiger partial charge in [0, 0.05) is 28.9 Å². The Labute approximate surface area is 122 Å². The van der Waals surface area contributed by atoms with E-state index in [9.17, 15) is 4.79 Å². The number of pyridine rings is 1. The number of nitrogens with two attached hydrogens (primary N) is 1. The van der Waals surface area contributed by atoms with Crippen molar-refractivity contribution in [2.24, 2.45) is 5.73 Å². The molecule has 0 saturated heterocycles. The fourth-order valence-electron chi connectivity index (χ4n) is 2.16. The lowest BCUT2D eigenvalue weighted by atomic mass is 10.00. The van der Waals surface area contributed by atoms with Gasteiger partial charge in [0.15, 0.2) is 0 Å². The molecule has 5 heteroatoms. The smallest absolute Gasteiger partial charge is 0.255 e. The molecular weight excluding hydrogens is 276 g/mol. The number of aryl methyl sites for hydroxylation is 1. The minimum absolute atomic E-state index is 0.0930. The number of nitrogens with zero attached hydrogens (tertiary/aromatic N) is 1. The van der Waals surface area contributed by atoms with Crippen LogP contribution in [0, 0.1) is 0 Å². The Balaban J connectivity index is 2.54. The van der Waals surface area contributed by atoms with Gasteiger partial charge in [-0.25, -0.2) is 0 Å². The van der Waals surface area contributed by atoms with Crippen LogP contribution in [0.2, 0.25) is 5.02 Å². The van der Waals surface area contributed by atoms with E-state index in [4.69, 9.17) is 22.1 Å². The van der Waals surface area contributed by atoms with Gasteiger partial charge in [0.2, 0.25) is 0 Å². The SMILES string of the molecule is CCn1cccc(C(N)c2cc(Cl)ccc2OC)c1=O. The van der Waals surface area contributed by atoms with E-state index in [1.807, 2.05) is 13.0 Å². The van der Waals surface area contributed by atoms with Crippen LogP contribution in [0.4, 0.5) is 0 Å². The highest BCUT2D eigenvalue weighted by Crippen LogP contribution is 2.29. The van der Waals surface area contributed by atoms with Crippen molar-refractivity contribution in [2.45, 2.75) is 19.5 Å². The summed E-state index contributed by atoms with van der Waals surface area (Å²) in [5.74, 6) is 0.619. The van der Waals surface area contributed by atoms with Crippen LogP contribution in [0.15, 0.2) is 41.3 Å². The minimum atomic E-state index is -0.574. The molecule has 4 nitrogen and oxygen atoms in total. The van der Waals surface area contributed by atoms with Crippen molar-refractivity contribution < 1.29 is 4.74 Å². The molecule has 0 aliphatic carbocycles. The Morgan fingerprint density at radius 3 is 2.75 bits per heavy atom. The summed E-state index contributed by atoms with van der Waals surface area (Å²) < 4.78 is 6.91. The maximum absolute atomic E-state index is 12.3. The average molecular weight is 293 g/mol. The molecule has 1 aromatic carbocycles. The number of rotatable bonds is 4. The largest absolute Gasteiger partial charge is 0.496 e. The molecule has 0 aliphatic rings. The third-order valence-electron chi connectivity index (χ3n) is 3.25. The minimum Gasteiger partial charge on any atom is -0.496 e. The summed E-state index contributed by atoms with van der Waals surface area (Å²) in [6.07, 6.45) is 1.74. The first kappa shape index (κ1) is 14.6. The van der Waals surface area contributed by atoms with Crippen LogP contribution in [0.5, 0.6) is 5.75 Å². The summed E-state index contributed by atoms with van der Waals surface area (Å²) in [6.45, 7) is 2.52. The summed E-state index contributed by atoms with van der Waals surface area (Å²) in [4.78, 5) is 12.3. The van der Waals surface area contributed by atoms with E-state index < -0.39 is 6.04 Å². The molecule has 0 fully saturated rings. The maximum Gasteiger partial charge on any atom is 0.255 e. The first-order valence-electron chi connectivity index (χ1n) is 6.36. The zero-order valence-electron chi connectivity index (χ0n) is 11.5. The molecule has 106 valence electrons. The highest BCUT2D eigenvalue weighted by atomic mass is 35.5. The molecule has 1 unspecified atom stereocenters. The Morgan fingerprint density at radius 1 is 1.35 bits per heavy atom. The van der Waals surface area contributed by atoms with Crippen LogP contribution in [-0.2, 0) is 6.54 Å². The second-order valence-corrected chi connectivity index (χ2v) is 4.86. The van der Waals surface area contributed by atoms with Crippen molar-refractivity contribution in [3.05, 3.63) is 63.0 Å². The molecule has 0 bridgehead atoms. The predicted molar refractivity (Wildman–Crippen MR) is 80.4 cm³/mol.